The van der Waals surface area contributed by atoms with Gasteiger partial charge >= 0.3 is 0 Å². The SMILES string of the molecule is COc1ccc(CNC(=O)[C@@H](Cc2ccccc2)N(Cc2ccc(F)cc2)C(=O)CCc2ccccc2)cc1. The molecule has 0 aromatic heterocycles. The molecule has 0 heterocycles. The first-order valence-electron chi connectivity index (χ1n) is 13.0. The van der Waals surface area contributed by atoms with Crippen molar-refractivity contribution >= 4 is 11.8 Å². The van der Waals surface area contributed by atoms with Gasteiger partial charge in [0.05, 0.1) is 7.11 Å². The van der Waals surface area contributed by atoms with Crippen LogP contribution in [-0.2, 0) is 35.5 Å². The number of nitrogens with zero attached hydrogens (tertiary/aromatic N) is 1. The highest BCUT2D eigenvalue weighted by molar-refractivity contribution is 5.88. The second-order valence-corrected chi connectivity index (χ2v) is 9.41. The van der Waals surface area contributed by atoms with Gasteiger partial charge in [-0.2, -0.15) is 0 Å². The summed E-state index contributed by atoms with van der Waals surface area (Å²) >= 11 is 0. The predicted molar refractivity (Wildman–Crippen MR) is 150 cm³/mol. The van der Waals surface area contributed by atoms with E-state index in [-0.39, 0.29) is 30.6 Å². The first-order chi connectivity index (χ1) is 19.0. The molecule has 6 heteroatoms. The van der Waals surface area contributed by atoms with Crippen LogP contribution in [0.4, 0.5) is 4.39 Å². The van der Waals surface area contributed by atoms with Crippen LogP contribution in [0.5, 0.6) is 5.75 Å². The third kappa shape index (κ3) is 8.27. The zero-order valence-electron chi connectivity index (χ0n) is 22.1. The predicted octanol–water partition coefficient (Wildman–Crippen LogP) is 5.72. The molecule has 0 bridgehead atoms. The van der Waals surface area contributed by atoms with Gasteiger partial charge in [-0.05, 0) is 52.9 Å². The summed E-state index contributed by atoms with van der Waals surface area (Å²) in [6.45, 7) is 0.512. The maximum absolute atomic E-state index is 13.7. The molecule has 39 heavy (non-hydrogen) atoms. The van der Waals surface area contributed by atoms with Crippen molar-refractivity contribution in [1.82, 2.24) is 10.2 Å². The van der Waals surface area contributed by atoms with Crippen LogP contribution in [0.3, 0.4) is 0 Å². The van der Waals surface area contributed by atoms with E-state index in [1.54, 1.807) is 24.1 Å². The number of benzene rings is 4. The molecule has 4 aromatic rings. The topological polar surface area (TPSA) is 58.6 Å². The van der Waals surface area contributed by atoms with Crippen LogP contribution in [0.15, 0.2) is 109 Å². The normalized spacial score (nSPS) is 11.4. The highest BCUT2D eigenvalue weighted by atomic mass is 19.1. The largest absolute Gasteiger partial charge is 0.497 e. The average Bonchev–Trinajstić information content (AvgIpc) is 2.98. The van der Waals surface area contributed by atoms with Gasteiger partial charge in [-0.1, -0.05) is 84.9 Å². The Balaban J connectivity index is 1.59. The third-order valence-electron chi connectivity index (χ3n) is 6.63. The molecule has 0 fully saturated rings. The van der Waals surface area contributed by atoms with Crippen molar-refractivity contribution in [2.75, 3.05) is 7.11 Å². The molecule has 200 valence electrons. The van der Waals surface area contributed by atoms with Crippen LogP contribution in [0, 0.1) is 5.82 Å². The lowest BCUT2D eigenvalue weighted by Gasteiger charge is -2.32. The number of hydrogen-bond acceptors (Lipinski definition) is 3. The Morgan fingerprint density at radius 3 is 1.97 bits per heavy atom. The lowest BCUT2D eigenvalue weighted by Crippen LogP contribution is -2.50. The molecule has 1 atom stereocenters. The number of methoxy groups -OCH3 is 1. The smallest absolute Gasteiger partial charge is 0.243 e. The second-order valence-electron chi connectivity index (χ2n) is 9.41. The zero-order valence-corrected chi connectivity index (χ0v) is 22.1. The van der Waals surface area contributed by atoms with E-state index in [2.05, 4.69) is 5.32 Å². The van der Waals surface area contributed by atoms with E-state index in [1.165, 1.54) is 12.1 Å². The van der Waals surface area contributed by atoms with E-state index in [4.69, 9.17) is 4.74 Å². The van der Waals surface area contributed by atoms with Gasteiger partial charge in [-0.25, -0.2) is 4.39 Å². The summed E-state index contributed by atoms with van der Waals surface area (Å²) in [7, 11) is 1.61. The lowest BCUT2D eigenvalue weighted by atomic mass is 10.0. The van der Waals surface area contributed by atoms with Crippen molar-refractivity contribution in [3.05, 3.63) is 137 Å². The van der Waals surface area contributed by atoms with Crippen LogP contribution in [0.2, 0.25) is 0 Å². The Morgan fingerprint density at radius 1 is 0.769 bits per heavy atom. The van der Waals surface area contributed by atoms with Crippen LogP contribution < -0.4 is 10.1 Å². The minimum absolute atomic E-state index is 0.135. The Labute approximate surface area is 229 Å². The molecule has 0 spiro atoms. The van der Waals surface area contributed by atoms with Gasteiger partial charge in [0, 0.05) is 25.9 Å². The number of rotatable bonds is 12. The summed E-state index contributed by atoms with van der Waals surface area (Å²) in [4.78, 5) is 29.1. The zero-order chi connectivity index (χ0) is 27.5. The van der Waals surface area contributed by atoms with Crippen molar-refractivity contribution in [3.63, 3.8) is 0 Å². The summed E-state index contributed by atoms with van der Waals surface area (Å²) in [5.41, 5.74) is 3.67. The van der Waals surface area contributed by atoms with Crippen LogP contribution in [-0.4, -0.2) is 29.9 Å². The molecule has 0 radical (unpaired) electrons. The first kappa shape index (κ1) is 27.6. The van der Waals surface area contributed by atoms with Crippen LogP contribution in [0.25, 0.3) is 0 Å². The number of nitrogens with one attached hydrogen (secondary N) is 1. The minimum atomic E-state index is -0.751. The minimum Gasteiger partial charge on any atom is -0.497 e. The summed E-state index contributed by atoms with van der Waals surface area (Å²) in [6.07, 6.45) is 1.17. The molecule has 4 rings (SSSR count). The molecular formula is C33H33FN2O3. The Hall–Kier alpha value is -4.45. The van der Waals surface area contributed by atoms with E-state index >= 15 is 0 Å². The van der Waals surface area contributed by atoms with Gasteiger partial charge in [0.1, 0.15) is 17.6 Å². The molecule has 2 amide bonds. The number of halogens is 1. The number of amides is 2. The molecule has 0 aliphatic rings. The number of aryl methyl sites for hydroxylation is 1. The molecule has 0 saturated heterocycles. The maximum Gasteiger partial charge on any atom is 0.243 e. The van der Waals surface area contributed by atoms with Gasteiger partial charge in [-0.15, -0.1) is 0 Å². The standard InChI is InChI=1S/C33H33FN2O3/c1-39-30-19-14-27(15-20-30)23-35-33(38)31(22-26-10-6-3-7-11-26)36(24-28-12-17-29(34)18-13-28)32(37)21-16-25-8-4-2-5-9-25/h2-15,17-20,31H,16,21-24H2,1H3,(H,35,38)/t31-/m1/s1. The van der Waals surface area contributed by atoms with Gasteiger partial charge in [0.2, 0.25) is 11.8 Å². The van der Waals surface area contributed by atoms with Gasteiger partial charge in [0.25, 0.3) is 0 Å². The summed E-state index contributed by atoms with van der Waals surface area (Å²) < 4.78 is 18.8. The molecule has 5 nitrogen and oxygen atoms in total. The van der Waals surface area contributed by atoms with Crippen molar-refractivity contribution in [2.45, 2.75) is 38.4 Å². The Morgan fingerprint density at radius 2 is 1.36 bits per heavy atom. The number of hydrogen-bond donors (Lipinski definition) is 1. The fraction of sp³-hybridized carbons (Fsp3) is 0.212. The van der Waals surface area contributed by atoms with Gasteiger partial charge in [0.15, 0.2) is 0 Å². The molecule has 0 saturated carbocycles. The molecule has 0 unspecified atom stereocenters. The van der Waals surface area contributed by atoms with E-state index in [1.807, 2.05) is 84.9 Å². The fourth-order valence-corrected chi connectivity index (χ4v) is 4.43. The Kier molecular flexibility index (Phi) is 9.84. The van der Waals surface area contributed by atoms with Crippen molar-refractivity contribution in [2.24, 2.45) is 0 Å². The van der Waals surface area contributed by atoms with Crippen molar-refractivity contribution < 1.29 is 18.7 Å². The maximum atomic E-state index is 13.7. The Bertz CT molecular complexity index is 1330. The molecule has 4 aromatic carbocycles. The first-order valence-corrected chi connectivity index (χ1v) is 13.0. The van der Waals surface area contributed by atoms with Gasteiger partial charge in [-0.3, -0.25) is 9.59 Å². The lowest BCUT2D eigenvalue weighted by molar-refractivity contribution is -0.141. The van der Waals surface area contributed by atoms with E-state index in [0.717, 1.165) is 28.0 Å². The van der Waals surface area contributed by atoms with Crippen LogP contribution in [0.1, 0.15) is 28.7 Å². The monoisotopic (exact) mass is 524 g/mol. The average molecular weight is 525 g/mol. The molecule has 0 aliphatic heterocycles. The molecule has 1 N–H and O–H groups in total. The van der Waals surface area contributed by atoms with Gasteiger partial charge < -0.3 is 15.0 Å². The van der Waals surface area contributed by atoms with E-state index in [9.17, 15) is 14.0 Å². The number of ether oxygens (including phenoxy) is 1. The van der Waals surface area contributed by atoms with Crippen molar-refractivity contribution in [1.29, 1.82) is 0 Å². The quantitative estimate of drug-likeness (QED) is 0.258. The fourth-order valence-electron chi connectivity index (χ4n) is 4.43. The highest BCUT2D eigenvalue weighted by Crippen LogP contribution is 2.18. The van der Waals surface area contributed by atoms with Crippen molar-refractivity contribution in [3.8, 4) is 5.75 Å². The number of carbonyl (C=O) groups is 2. The molecule has 0 aliphatic carbocycles. The third-order valence-corrected chi connectivity index (χ3v) is 6.63. The van der Waals surface area contributed by atoms with E-state index in [0.29, 0.717) is 19.4 Å². The summed E-state index contributed by atoms with van der Waals surface area (Å²) in [6, 6.07) is 32.3. The summed E-state index contributed by atoms with van der Waals surface area (Å²) in [5.74, 6) is 0.00819. The second kappa shape index (κ2) is 13.9. The number of carbonyl (C=O) groups excluding carboxylic acids is 2. The van der Waals surface area contributed by atoms with E-state index < -0.39 is 6.04 Å². The summed E-state index contributed by atoms with van der Waals surface area (Å²) in [5, 5.41) is 3.03. The highest BCUT2D eigenvalue weighted by Gasteiger charge is 2.30. The van der Waals surface area contributed by atoms with Crippen LogP contribution >= 0.6 is 0 Å². The molecular weight excluding hydrogens is 491 g/mol.